The molecule has 2 heterocycles. The van der Waals surface area contributed by atoms with Gasteiger partial charge in [-0.3, -0.25) is 4.57 Å². The number of unbranched alkanes of at least 4 members (excludes halogenated alkanes) is 1. The van der Waals surface area contributed by atoms with E-state index in [1.807, 2.05) is 37.3 Å². The van der Waals surface area contributed by atoms with Gasteiger partial charge in [-0.2, -0.15) is 4.98 Å². The maximum absolute atomic E-state index is 13.6. The number of aromatic nitrogens is 4. The predicted octanol–water partition coefficient (Wildman–Crippen LogP) is 2.81. The Labute approximate surface area is 227 Å². The first kappa shape index (κ1) is 29.6. The Morgan fingerprint density at radius 3 is 2.41 bits per heavy atom. The molecule has 212 valence electrons. The highest BCUT2D eigenvalue weighted by Gasteiger charge is 2.27. The molecule has 3 N–H and O–H groups in total. The Morgan fingerprint density at radius 1 is 1.08 bits per heavy atom. The van der Waals surface area contributed by atoms with Crippen LogP contribution in [0.1, 0.15) is 38.7 Å². The van der Waals surface area contributed by atoms with Crippen molar-refractivity contribution in [1.82, 2.24) is 28.9 Å². The van der Waals surface area contributed by atoms with E-state index in [4.69, 9.17) is 15.3 Å². The fraction of sp³-hybridized carbons (Fsp3) is 0.480. The molecule has 39 heavy (non-hydrogen) atoms. The summed E-state index contributed by atoms with van der Waals surface area (Å²) in [5.41, 5.74) is 6.21. The van der Waals surface area contributed by atoms with E-state index in [0.717, 1.165) is 23.0 Å². The van der Waals surface area contributed by atoms with E-state index in [2.05, 4.69) is 9.97 Å². The van der Waals surface area contributed by atoms with Gasteiger partial charge in [-0.05, 0) is 18.4 Å². The fourth-order valence-electron chi connectivity index (χ4n) is 3.89. The average molecular weight is 561 g/mol. The summed E-state index contributed by atoms with van der Waals surface area (Å²) in [6, 6.07) is 8.35. The van der Waals surface area contributed by atoms with Crippen LogP contribution in [0, 0.1) is 4.78 Å². The molecule has 2 amide bonds. The monoisotopic (exact) mass is 560 g/mol. The molecular formula is C25H36N8O5S. The standard InChI is InChI=1S/C25H36N8O5S/c1-5-7-13-31(4)25(36)38-15-14-30(3)23(34)33-19-20(26)28-22(39(27,37)16-6-2)29-21(19)32(24(33)35)17-18-11-9-8-10-12-18/h8-12,27H,5-7,13-17H2,1-4H3,(H2,26,28,29). The number of nitrogens with two attached hydrogens (primary N) is 1. The van der Waals surface area contributed by atoms with Crippen molar-refractivity contribution in [2.24, 2.45) is 0 Å². The minimum Gasteiger partial charge on any atom is -0.448 e. The number of fused-ring (bicyclic) bond motifs is 1. The number of carbonyl (C=O) groups is 2. The van der Waals surface area contributed by atoms with Crippen molar-refractivity contribution in [3.05, 3.63) is 46.4 Å². The molecule has 0 aliphatic rings. The first-order chi connectivity index (χ1) is 18.5. The molecule has 1 aromatic carbocycles. The molecule has 0 aliphatic carbocycles. The zero-order chi connectivity index (χ0) is 28.7. The predicted molar refractivity (Wildman–Crippen MR) is 148 cm³/mol. The molecule has 14 heteroatoms. The first-order valence-electron chi connectivity index (χ1n) is 12.7. The van der Waals surface area contributed by atoms with Crippen LogP contribution in [-0.4, -0.2) is 84.8 Å². The highest BCUT2D eigenvalue weighted by molar-refractivity contribution is 7.92. The third-order valence-electron chi connectivity index (χ3n) is 6.07. The lowest BCUT2D eigenvalue weighted by Crippen LogP contribution is -2.40. The average Bonchev–Trinajstić information content (AvgIpc) is 3.18. The SMILES string of the molecule is CCCCN(C)C(=O)OCCN(C)C(=O)n1c(=O)n(Cc2ccccc2)c2nc(S(=N)(=O)CCC)nc(N)c21. The van der Waals surface area contributed by atoms with E-state index in [1.54, 1.807) is 14.0 Å². The molecule has 13 nitrogen and oxygen atoms in total. The molecule has 0 saturated heterocycles. The summed E-state index contributed by atoms with van der Waals surface area (Å²) in [5, 5.41) is -0.284. The minimum atomic E-state index is -3.36. The molecule has 1 unspecified atom stereocenters. The van der Waals surface area contributed by atoms with Crippen molar-refractivity contribution in [2.45, 2.75) is 44.8 Å². The number of hydrogen-bond donors (Lipinski definition) is 2. The topological polar surface area (TPSA) is 170 Å². The lowest BCUT2D eigenvalue weighted by atomic mass is 10.2. The molecule has 3 aromatic rings. The van der Waals surface area contributed by atoms with Crippen molar-refractivity contribution in [3.63, 3.8) is 0 Å². The number of hydrogen-bond acceptors (Lipinski definition) is 9. The van der Waals surface area contributed by atoms with Crippen molar-refractivity contribution in [3.8, 4) is 0 Å². The van der Waals surface area contributed by atoms with Gasteiger partial charge in [0.15, 0.2) is 11.5 Å². The molecule has 0 bridgehead atoms. The van der Waals surface area contributed by atoms with E-state index in [-0.39, 0.29) is 47.6 Å². The van der Waals surface area contributed by atoms with Crippen LogP contribution < -0.4 is 11.4 Å². The van der Waals surface area contributed by atoms with Crippen molar-refractivity contribution in [1.29, 1.82) is 4.78 Å². The number of rotatable bonds is 11. The Morgan fingerprint density at radius 2 is 1.77 bits per heavy atom. The minimum absolute atomic E-state index is 0.00755. The van der Waals surface area contributed by atoms with Crippen molar-refractivity contribution < 1.29 is 18.5 Å². The Balaban J connectivity index is 1.98. The summed E-state index contributed by atoms with van der Waals surface area (Å²) >= 11 is 0. The summed E-state index contributed by atoms with van der Waals surface area (Å²) in [5.74, 6) is -0.212. The first-order valence-corrected chi connectivity index (χ1v) is 14.5. The van der Waals surface area contributed by atoms with Gasteiger partial charge in [0.25, 0.3) is 0 Å². The van der Waals surface area contributed by atoms with Crippen LogP contribution >= 0.6 is 0 Å². The van der Waals surface area contributed by atoms with E-state index >= 15 is 0 Å². The van der Waals surface area contributed by atoms with E-state index in [1.165, 1.54) is 21.4 Å². The largest absolute Gasteiger partial charge is 0.448 e. The van der Waals surface area contributed by atoms with Gasteiger partial charge in [-0.25, -0.2) is 32.9 Å². The second-order valence-electron chi connectivity index (χ2n) is 9.23. The summed E-state index contributed by atoms with van der Waals surface area (Å²) in [6.45, 7) is 4.36. The maximum atomic E-state index is 13.6. The second kappa shape index (κ2) is 12.7. The van der Waals surface area contributed by atoms with Crippen LogP contribution in [0.5, 0.6) is 0 Å². The second-order valence-corrected chi connectivity index (χ2v) is 11.4. The van der Waals surface area contributed by atoms with Crippen LogP contribution in [-0.2, 0) is 21.0 Å². The Bertz CT molecular complexity index is 1480. The van der Waals surface area contributed by atoms with Gasteiger partial charge in [0.1, 0.15) is 21.9 Å². The normalized spacial score (nSPS) is 12.7. The van der Waals surface area contributed by atoms with Gasteiger partial charge in [-0.15, -0.1) is 0 Å². The molecule has 0 aliphatic heterocycles. The molecule has 0 saturated carbocycles. The Kier molecular flexibility index (Phi) is 9.67. The summed E-state index contributed by atoms with van der Waals surface area (Å²) in [6.07, 6.45) is 1.74. The van der Waals surface area contributed by atoms with E-state index in [0.29, 0.717) is 13.0 Å². The number of carbonyl (C=O) groups excluding carboxylic acids is 2. The lowest BCUT2D eigenvalue weighted by molar-refractivity contribution is 0.103. The molecule has 0 radical (unpaired) electrons. The highest BCUT2D eigenvalue weighted by Crippen LogP contribution is 2.22. The number of amides is 2. The molecule has 1 atom stereocenters. The smallest absolute Gasteiger partial charge is 0.409 e. The van der Waals surface area contributed by atoms with Crippen molar-refractivity contribution in [2.75, 3.05) is 45.3 Å². The van der Waals surface area contributed by atoms with Crippen LogP contribution in [0.3, 0.4) is 0 Å². The molecular weight excluding hydrogens is 524 g/mol. The summed E-state index contributed by atoms with van der Waals surface area (Å²) in [7, 11) is -0.257. The Hall–Kier alpha value is -3.94. The van der Waals surface area contributed by atoms with Crippen LogP contribution in [0.15, 0.2) is 40.3 Å². The third kappa shape index (κ3) is 6.74. The zero-order valence-electron chi connectivity index (χ0n) is 22.8. The number of nitrogens with zero attached hydrogens (tertiary/aromatic N) is 6. The number of anilines is 1. The third-order valence-corrected chi connectivity index (χ3v) is 7.83. The highest BCUT2D eigenvalue weighted by atomic mass is 32.2. The summed E-state index contributed by atoms with van der Waals surface area (Å²) < 4.78 is 28.6. The molecule has 0 fully saturated rings. The number of ether oxygens (including phenoxy) is 1. The fourth-order valence-corrected chi connectivity index (χ4v) is 5.13. The molecule has 0 spiro atoms. The zero-order valence-corrected chi connectivity index (χ0v) is 23.6. The number of nitrogens with one attached hydrogen (secondary N) is 1. The maximum Gasteiger partial charge on any atom is 0.409 e. The number of imidazole rings is 1. The van der Waals surface area contributed by atoms with Gasteiger partial charge >= 0.3 is 17.8 Å². The van der Waals surface area contributed by atoms with Crippen LogP contribution in [0.25, 0.3) is 11.2 Å². The number of nitrogen functional groups attached to an aromatic ring is 1. The number of benzene rings is 1. The van der Waals surface area contributed by atoms with Crippen LogP contribution in [0.2, 0.25) is 0 Å². The van der Waals surface area contributed by atoms with Gasteiger partial charge in [0.2, 0.25) is 5.16 Å². The van der Waals surface area contributed by atoms with Gasteiger partial charge < -0.3 is 20.3 Å². The molecule has 2 aromatic heterocycles. The lowest BCUT2D eigenvalue weighted by Gasteiger charge is -2.20. The van der Waals surface area contributed by atoms with Gasteiger partial charge in [0, 0.05) is 26.4 Å². The van der Waals surface area contributed by atoms with Gasteiger partial charge in [0.05, 0.1) is 13.1 Å². The van der Waals surface area contributed by atoms with E-state index in [9.17, 15) is 18.6 Å². The van der Waals surface area contributed by atoms with E-state index < -0.39 is 27.5 Å². The molecule has 3 rings (SSSR count). The van der Waals surface area contributed by atoms with Crippen LogP contribution in [0.4, 0.5) is 15.4 Å². The van der Waals surface area contributed by atoms with Crippen molar-refractivity contribution >= 4 is 38.8 Å². The number of likely N-dealkylation sites (N-methyl/N-ethyl adjacent to an activating group) is 1. The quantitative estimate of drug-likeness (QED) is 0.337. The van der Waals surface area contributed by atoms with Gasteiger partial charge in [-0.1, -0.05) is 50.6 Å². The summed E-state index contributed by atoms with van der Waals surface area (Å²) in [4.78, 5) is 50.3.